The van der Waals surface area contributed by atoms with Gasteiger partial charge in [0.2, 0.25) is 0 Å². The third kappa shape index (κ3) is 3.40. The molecule has 0 aliphatic rings. The van der Waals surface area contributed by atoms with Gasteiger partial charge in [-0.05, 0) is 67.8 Å². The molecule has 32 heavy (non-hydrogen) atoms. The van der Waals surface area contributed by atoms with E-state index in [1.807, 2.05) is 0 Å². The van der Waals surface area contributed by atoms with Crippen molar-refractivity contribution in [1.29, 1.82) is 0 Å². The summed E-state index contributed by atoms with van der Waals surface area (Å²) in [6, 6.07) is 43.9. The van der Waals surface area contributed by atoms with Gasteiger partial charge in [0.25, 0.3) is 0 Å². The minimum absolute atomic E-state index is 1.22. The fourth-order valence-corrected chi connectivity index (χ4v) is 5.55. The number of fused-ring (bicyclic) bond motifs is 2. The van der Waals surface area contributed by atoms with Gasteiger partial charge in [-0.3, -0.25) is 0 Å². The predicted molar refractivity (Wildman–Crippen MR) is 140 cm³/mol. The average molecular weight is 424 g/mol. The molecule has 1 aromatic heterocycles. The van der Waals surface area contributed by atoms with Crippen LogP contribution in [0.3, 0.4) is 0 Å². The second kappa shape index (κ2) is 8.08. The largest absolute Gasteiger partial charge is 0.0671 e. The average Bonchev–Trinajstić information content (AvgIpc) is 2.88. The standard InChI is InChI=1S/C31H21P/c1-2-10-24(11-3-1)29-18-19-32-31(28-17-15-23-9-5-7-13-26(23)21-28)30(29)27-16-14-22-8-4-6-12-25(22)20-27/h1-21H. The van der Waals surface area contributed by atoms with E-state index in [1.165, 1.54) is 62.8 Å². The van der Waals surface area contributed by atoms with Crippen molar-refractivity contribution in [3.63, 3.8) is 0 Å². The third-order valence-corrected chi connectivity index (χ3v) is 7.13. The minimum atomic E-state index is 1.22. The molecule has 0 nitrogen and oxygen atoms in total. The highest BCUT2D eigenvalue weighted by molar-refractivity contribution is 7.33. The van der Waals surface area contributed by atoms with Gasteiger partial charge in [-0.25, -0.2) is 0 Å². The van der Waals surface area contributed by atoms with E-state index >= 15 is 0 Å². The minimum Gasteiger partial charge on any atom is -0.0671 e. The Morgan fingerprint density at radius 1 is 0.406 bits per heavy atom. The van der Waals surface area contributed by atoms with Gasteiger partial charge >= 0.3 is 0 Å². The lowest BCUT2D eigenvalue weighted by Gasteiger charge is -2.17. The highest BCUT2D eigenvalue weighted by atomic mass is 31.0. The smallest absolute Gasteiger partial charge is 0.0175 e. The van der Waals surface area contributed by atoms with E-state index in [9.17, 15) is 0 Å². The van der Waals surface area contributed by atoms with Gasteiger partial charge < -0.3 is 0 Å². The number of benzene rings is 5. The maximum Gasteiger partial charge on any atom is 0.0175 e. The molecule has 0 amide bonds. The van der Waals surface area contributed by atoms with Crippen molar-refractivity contribution in [3.8, 4) is 33.1 Å². The molecule has 0 spiro atoms. The summed E-state index contributed by atoms with van der Waals surface area (Å²) >= 11 is 0. The molecule has 0 unspecified atom stereocenters. The van der Waals surface area contributed by atoms with Crippen molar-refractivity contribution in [3.05, 3.63) is 127 Å². The van der Waals surface area contributed by atoms with E-state index in [0.717, 1.165) is 0 Å². The molecule has 0 atom stereocenters. The molecule has 150 valence electrons. The lowest BCUT2D eigenvalue weighted by Crippen LogP contribution is -1.89. The fraction of sp³-hybridized carbons (Fsp3) is 0. The molecular formula is C31H21P. The molecule has 0 saturated carbocycles. The molecule has 0 fully saturated rings. The summed E-state index contributed by atoms with van der Waals surface area (Å²) in [6.07, 6.45) is 0. The van der Waals surface area contributed by atoms with Crippen LogP contribution in [0.25, 0.3) is 54.7 Å². The Hall–Kier alpha value is -3.73. The molecule has 5 aromatic carbocycles. The van der Waals surface area contributed by atoms with Crippen molar-refractivity contribution >= 4 is 29.7 Å². The van der Waals surface area contributed by atoms with Crippen molar-refractivity contribution in [1.82, 2.24) is 0 Å². The van der Waals surface area contributed by atoms with Crippen LogP contribution in [0.1, 0.15) is 0 Å². The molecule has 6 rings (SSSR count). The van der Waals surface area contributed by atoms with Crippen LogP contribution in [0.5, 0.6) is 0 Å². The molecule has 0 radical (unpaired) electrons. The van der Waals surface area contributed by atoms with Crippen LogP contribution >= 0.6 is 8.19 Å². The molecule has 1 heteroatoms. The van der Waals surface area contributed by atoms with Crippen molar-refractivity contribution in [2.45, 2.75) is 0 Å². The third-order valence-electron chi connectivity index (χ3n) is 6.10. The maximum atomic E-state index is 2.34. The Labute approximate surface area is 189 Å². The van der Waals surface area contributed by atoms with Gasteiger partial charge in [0, 0.05) is 10.9 Å². The first kappa shape index (κ1) is 19.0. The first-order chi connectivity index (χ1) is 15.9. The Bertz CT molecular complexity index is 1560. The zero-order valence-electron chi connectivity index (χ0n) is 17.6. The van der Waals surface area contributed by atoms with Crippen LogP contribution in [0, 0.1) is 0 Å². The van der Waals surface area contributed by atoms with Gasteiger partial charge in [0.1, 0.15) is 0 Å². The van der Waals surface area contributed by atoms with Crippen LogP contribution in [0.2, 0.25) is 0 Å². The van der Waals surface area contributed by atoms with E-state index in [2.05, 4.69) is 127 Å². The Kier molecular flexibility index (Phi) is 4.79. The molecule has 0 aliphatic heterocycles. The fourth-order valence-electron chi connectivity index (χ4n) is 4.51. The van der Waals surface area contributed by atoms with Gasteiger partial charge in [0.15, 0.2) is 0 Å². The van der Waals surface area contributed by atoms with Crippen LogP contribution in [-0.4, -0.2) is 0 Å². The lowest BCUT2D eigenvalue weighted by molar-refractivity contribution is 1.62. The summed E-state index contributed by atoms with van der Waals surface area (Å²) < 4.78 is 0. The highest BCUT2D eigenvalue weighted by Crippen LogP contribution is 2.45. The first-order valence-electron chi connectivity index (χ1n) is 10.9. The molecule has 0 bridgehead atoms. The summed E-state index contributed by atoms with van der Waals surface area (Å²) in [5, 5.41) is 6.46. The van der Waals surface area contributed by atoms with Gasteiger partial charge in [0.05, 0.1) is 0 Å². The van der Waals surface area contributed by atoms with Crippen molar-refractivity contribution < 1.29 is 0 Å². The summed E-state index contributed by atoms with van der Waals surface area (Å²) in [5.74, 6) is 2.28. The van der Waals surface area contributed by atoms with Gasteiger partial charge in [-0.15, -0.1) is 0 Å². The Morgan fingerprint density at radius 2 is 0.969 bits per heavy atom. The summed E-state index contributed by atoms with van der Waals surface area (Å²) in [6.45, 7) is 0. The van der Waals surface area contributed by atoms with Crippen LogP contribution < -0.4 is 0 Å². The summed E-state index contributed by atoms with van der Waals surface area (Å²) in [5.41, 5.74) is 6.40. The monoisotopic (exact) mass is 424 g/mol. The lowest BCUT2D eigenvalue weighted by atomic mass is 9.91. The number of rotatable bonds is 3. The quantitative estimate of drug-likeness (QED) is 0.265. The van der Waals surface area contributed by atoms with Crippen LogP contribution in [0.15, 0.2) is 127 Å². The molecule has 0 aliphatic carbocycles. The SMILES string of the molecule is c1ccc(-c2ccpc(-c3ccc4ccccc4c3)c2-c2ccc3ccccc3c2)cc1. The van der Waals surface area contributed by atoms with E-state index in [4.69, 9.17) is 0 Å². The van der Waals surface area contributed by atoms with E-state index in [-0.39, 0.29) is 0 Å². The van der Waals surface area contributed by atoms with Crippen molar-refractivity contribution in [2.75, 3.05) is 0 Å². The van der Waals surface area contributed by atoms with Crippen LogP contribution in [-0.2, 0) is 0 Å². The zero-order valence-corrected chi connectivity index (χ0v) is 18.5. The second-order valence-electron chi connectivity index (χ2n) is 8.07. The van der Waals surface area contributed by atoms with Gasteiger partial charge in [-0.1, -0.05) is 111 Å². The molecular weight excluding hydrogens is 403 g/mol. The molecule has 0 N–H and O–H groups in total. The van der Waals surface area contributed by atoms with Crippen LogP contribution in [0.4, 0.5) is 0 Å². The van der Waals surface area contributed by atoms with E-state index in [1.54, 1.807) is 0 Å². The predicted octanol–water partition coefficient (Wildman–Crippen LogP) is 9.57. The van der Waals surface area contributed by atoms with Gasteiger partial charge in [-0.2, -0.15) is 0 Å². The molecule has 6 aromatic rings. The molecule has 0 saturated heterocycles. The summed E-state index contributed by atoms with van der Waals surface area (Å²) in [4.78, 5) is 0. The Balaban J connectivity index is 1.65. The van der Waals surface area contributed by atoms with Crippen molar-refractivity contribution in [2.24, 2.45) is 0 Å². The first-order valence-corrected chi connectivity index (χ1v) is 11.9. The number of hydrogen-bond donors (Lipinski definition) is 0. The normalized spacial score (nSPS) is 11.4. The summed E-state index contributed by atoms with van der Waals surface area (Å²) in [7, 11) is 1.22. The maximum absolute atomic E-state index is 2.34. The topological polar surface area (TPSA) is 0 Å². The zero-order chi connectivity index (χ0) is 21.3. The highest BCUT2D eigenvalue weighted by Gasteiger charge is 2.15. The van der Waals surface area contributed by atoms with E-state index in [0.29, 0.717) is 0 Å². The second-order valence-corrected chi connectivity index (χ2v) is 9.08. The van der Waals surface area contributed by atoms with E-state index < -0.39 is 0 Å². The molecule has 1 heterocycles. The number of hydrogen-bond acceptors (Lipinski definition) is 0. The Morgan fingerprint density at radius 3 is 1.66 bits per heavy atom.